The fourth-order valence-corrected chi connectivity index (χ4v) is 3.10. The van der Waals surface area contributed by atoms with Crippen LogP contribution in [0.4, 0.5) is 0 Å². The summed E-state index contributed by atoms with van der Waals surface area (Å²) in [4.78, 5) is 24.3. The fourth-order valence-electron chi connectivity index (χ4n) is 3.10. The topological polar surface area (TPSA) is 74.6 Å². The summed E-state index contributed by atoms with van der Waals surface area (Å²) in [5.41, 5.74) is 1.27. The first-order valence-corrected chi connectivity index (χ1v) is 7.05. The van der Waals surface area contributed by atoms with Gasteiger partial charge in [0.25, 0.3) is 0 Å². The summed E-state index contributed by atoms with van der Waals surface area (Å²) in [6.07, 6.45) is 1.12. The van der Waals surface area contributed by atoms with Crippen LogP contribution in [0, 0.1) is 0 Å². The molecular formula is C17H16O4. The van der Waals surface area contributed by atoms with Crippen molar-refractivity contribution in [1.29, 1.82) is 0 Å². The van der Waals surface area contributed by atoms with Crippen molar-refractivity contribution in [3.63, 3.8) is 0 Å². The Hall–Kier alpha value is -2.36. The lowest BCUT2D eigenvalue weighted by Gasteiger charge is -2.19. The van der Waals surface area contributed by atoms with Crippen molar-refractivity contribution in [2.24, 2.45) is 0 Å². The normalized spacial score (nSPS) is 19.3. The van der Waals surface area contributed by atoms with Crippen LogP contribution in [0.1, 0.15) is 37.2 Å². The standard InChI is InChI=1S/C17H16O4/c18-11-6-7-12(19)16(11)15(10-4-2-1-3-5-10)17-13(20)8-9-14(17)21/h1-5,15,18,20H,6-9H2. The van der Waals surface area contributed by atoms with Crippen LogP contribution in [0.25, 0.3) is 0 Å². The van der Waals surface area contributed by atoms with Crippen molar-refractivity contribution in [2.75, 3.05) is 0 Å². The molecule has 0 aliphatic heterocycles. The number of ketones is 2. The molecule has 0 unspecified atom stereocenters. The molecular weight excluding hydrogens is 268 g/mol. The van der Waals surface area contributed by atoms with E-state index in [4.69, 9.17) is 0 Å². The maximum Gasteiger partial charge on any atom is 0.163 e. The van der Waals surface area contributed by atoms with E-state index >= 15 is 0 Å². The van der Waals surface area contributed by atoms with Gasteiger partial charge < -0.3 is 10.2 Å². The molecule has 1 aromatic carbocycles. The third kappa shape index (κ3) is 2.27. The second-order valence-corrected chi connectivity index (χ2v) is 5.41. The lowest BCUT2D eigenvalue weighted by molar-refractivity contribution is -0.115. The molecule has 0 saturated heterocycles. The van der Waals surface area contributed by atoms with Gasteiger partial charge in [0.15, 0.2) is 11.6 Å². The highest BCUT2D eigenvalue weighted by Crippen LogP contribution is 2.42. The molecule has 2 N–H and O–H groups in total. The van der Waals surface area contributed by atoms with E-state index < -0.39 is 5.92 Å². The maximum absolute atomic E-state index is 12.1. The largest absolute Gasteiger partial charge is 0.512 e. The van der Waals surface area contributed by atoms with Crippen molar-refractivity contribution in [1.82, 2.24) is 0 Å². The van der Waals surface area contributed by atoms with E-state index in [9.17, 15) is 19.8 Å². The van der Waals surface area contributed by atoms with E-state index in [1.54, 1.807) is 0 Å². The van der Waals surface area contributed by atoms with E-state index in [0.29, 0.717) is 12.8 Å². The van der Waals surface area contributed by atoms with Crippen LogP contribution < -0.4 is 0 Å². The number of aliphatic hydroxyl groups excluding tert-OH is 2. The van der Waals surface area contributed by atoms with E-state index in [1.165, 1.54) is 0 Å². The minimum atomic E-state index is -0.656. The summed E-state index contributed by atoms with van der Waals surface area (Å²) < 4.78 is 0. The van der Waals surface area contributed by atoms with Gasteiger partial charge in [-0.05, 0) is 5.56 Å². The molecule has 0 amide bonds. The minimum absolute atomic E-state index is 0.0360. The molecule has 2 aliphatic rings. The summed E-state index contributed by atoms with van der Waals surface area (Å²) >= 11 is 0. The molecule has 2 aliphatic carbocycles. The van der Waals surface area contributed by atoms with Crippen LogP contribution in [0.3, 0.4) is 0 Å². The van der Waals surface area contributed by atoms with Gasteiger partial charge in [-0.25, -0.2) is 0 Å². The number of Topliss-reactive ketones (excluding diaryl/α,β-unsaturated/α-hetero) is 2. The van der Waals surface area contributed by atoms with Crippen molar-refractivity contribution in [3.8, 4) is 0 Å². The number of aliphatic hydroxyl groups is 2. The highest BCUT2D eigenvalue weighted by atomic mass is 16.3. The van der Waals surface area contributed by atoms with Gasteiger partial charge in [-0.15, -0.1) is 0 Å². The first-order valence-electron chi connectivity index (χ1n) is 7.05. The van der Waals surface area contributed by atoms with Crippen molar-refractivity contribution in [3.05, 3.63) is 58.6 Å². The maximum atomic E-state index is 12.1. The number of hydrogen-bond donors (Lipinski definition) is 2. The van der Waals surface area contributed by atoms with E-state index in [1.807, 2.05) is 30.3 Å². The van der Waals surface area contributed by atoms with Gasteiger partial charge in [0.2, 0.25) is 0 Å². The predicted octanol–water partition coefficient (Wildman–Crippen LogP) is 3.12. The SMILES string of the molecule is O=C1CCC(O)=C1C(C1=C(O)CCC1=O)c1ccccc1. The first-order chi connectivity index (χ1) is 10.1. The average Bonchev–Trinajstić information content (AvgIpc) is 2.98. The van der Waals surface area contributed by atoms with Crippen LogP contribution in [0.2, 0.25) is 0 Å². The van der Waals surface area contributed by atoms with E-state index in [0.717, 1.165) is 5.56 Å². The minimum Gasteiger partial charge on any atom is -0.512 e. The fraction of sp³-hybridized carbons (Fsp3) is 0.294. The zero-order valence-electron chi connectivity index (χ0n) is 11.5. The van der Waals surface area contributed by atoms with Crippen molar-refractivity contribution >= 4 is 11.6 Å². The molecule has 1 aromatic rings. The monoisotopic (exact) mass is 284 g/mol. The highest BCUT2D eigenvalue weighted by Gasteiger charge is 2.38. The van der Waals surface area contributed by atoms with Gasteiger partial charge in [0.1, 0.15) is 11.5 Å². The Labute approximate surface area is 122 Å². The van der Waals surface area contributed by atoms with Crippen LogP contribution >= 0.6 is 0 Å². The van der Waals surface area contributed by atoms with Crippen molar-refractivity contribution < 1.29 is 19.8 Å². The Balaban J connectivity index is 2.18. The Bertz CT molecular complexity index is 627. The number of hydrogen-bond acceptors (Lipinski definition) is 4. The molecule has 0 radical (unpaired) electrons. The molecule has 108 valence electrons. The summed E-state index contributed by atoms with van der Waals surface area (Å²) in [7, 11) is 0. The first kappa shape index (κ1) is 13.6. The average molecular weight is 284 g/mol. The Kier molecular flexibility index (Phi) is 3.37. The summed E-state index contributed by atoms with van der Waals surface area (Å²) in [6, 6.07) is 9.09. The van der Waals surface area contributed by atoms with E-state index in [-0.39, 0.29) is 47.1 Å². The zero-order chi connectivity index (χ0) is 15.0. The molecule has 4 nitrogen and oxygen atoms in total. The van der Waals surface area contributed by atoms with Crippen molar-refractivity contribution in [2.45, 2.75) is 31.6 Å². The molecule has 0 atom stereocenters. The molecule has 0 heterocycles. The molecule has 21 heavy (non-hydrogen) atoms. The Morgan fingerprint density at radius 1 is 0.762 bits per heavy atom. The third-order valence-electron chi connectivity index (χ3n) is 4.11. The summed E-state index contributed by atoms with van der Waals surface area (Å²) in [5, 5.41) is 20.1. The third-order valence-corrected chi connectivity index (χ3v) is 4.11. The lowest BCUT2D eigenvalue weighted by atomic mass is 9.82. The summed E-state index contributed by atoms with van der Waals surface area (Å²) in [5.74, 6) is -0.887. The van der Waals surface area contributed by atoms with Crippen LogP contribution in [0.5, 0.6) is 0 Å². The smallest absolute Gasteiger partial charge is 0.163 e. The number of carbonyl (C=O) groups excluding carboxylic acids is 2. The number of benzene rings is 1. The molecule has 3 rings (SSSR count). The Morgan fingerprint density at radius 2 is 1.24 bits per heavy atom. The van der Waals surface area contributed by atoms with Crippen LogP contribution in [0.15, 0.2) is 53.0 Å². The lowest BCUT2D eigenvalue weighted by Crippen LogP contribution is -2.16. The predicted molar refractivity (Wildman–Crippen MR) is 77.0 cm³/mol. The van der Waals surface area contributed by atoms with Gasteiger partial charge in [-0.3, -0.25) is 9.59 Å². The quantitative estimate of drug-likeness (QED) is 0.894. The molecule has 0 aromatic heterocycles. The van der Waals surface area contributed by atoms with Gasteiger partial charge in [-0.2, -0.15) is 0 Å². The molecule has 4 heteroatoms. The highest BCUT2D eigenvalue weighted by molar-refractivity contribution is 6.06. The number of carbonyl (C=O) groups is 2. The number of allylic oxidation sites excluding steroid dienone is 4. The zero-order valence-corrected chi connectivity index (χ0v) is 11.5. The second-order valence-electron chi connectivity index (χ2n) is 5.41. The van der Waals surface area contributed by atoms with Gasteiger partial charge >= 0.3 is 0 Å². The molecule has 0 saturated carbocycles. The molecule has 0 bridgehead atoms. The summed E-state index contributed by atoms with van der Waals surface area (Å²) in [6.45, 7) is 0. The molecule has 0 spiro atoms. The van der Waals surface area contributed by atoms with Gasteiger partial charge in [-0.1, -0.05) is 30.3 Å². The second kappa shape index (κ2) is 5.20. The van der Waals surface area contributed by atoms with E-state index in [2.05, 4.69) is 0 Å². The van der Waals surface area contributed by atoms with Gasteiger partial charge in [0, 0.05) is 42.7 Å². The van der Waals surface area contributed by atoms with Crippen LogP contribution in [-0.2, 0) is 9.59 Å². The molecule has 0 fully saturated rings. The van der Waals surface area contributed by atoms with Crippen LogP contribution in [-0.4, -0.2) is 21.8 Å². The number of rotatable bonds is 3. The Morgan fingerprint density at radius 3 is 1.62 bits per heavy atom. The van der Waals surface area contributed by atoms with Gasteiger partial charge in [0.05, 0.1) is 0 Å².